The molecule has 12 heteroatoms. The number of carbonyl (C=O) groups is 2. The monoisotopic (exact) mass is 618 g/mol. The number of para-hydroxylation sites is 1. The van der Waals surface area contributed by atoms with E-state index in [1.54, 1.807) is 36.4 Å². The molecule has 2 saturated carbocycles. The summed E-state index contributed by atoms with van der Waals surface area (Å²) >= 11 is 1.10. The fraction of sp³-hybridized carbons (Fsp3) is 0.677. The molecule has 4 aliphatic rings. The van der Waals surface area contributed by atoms with Gasteiger partial charge in [-0.15, -0.1) is 6.58 Å². The van der Waals surface area contributed by atoms with E-state index in [4.69, 9.17) is 9.47 Å². The maximum absolute atomic E-state index is 14.1. The van der Waals surface area contributed by atoms with Crippen LogP contribution in [-0.2, 0) is 19.1 Å². The van der Waals surface area contributed by atoms with Crippen LogP contribution in [-0.4, -0.2) is 84.0 Å². The molecule has 0 radical (unpaired) electrons. The van der Waals surface area contributed by atoms with Crippen LogP contribution in [0.4, 0.5) is 5.69 Å². The molecule has 0 bridgehead atoms. The molecule has 3 N–H and O–H groups in total. The molecule has 236 valence electrons. The molecule has 0 unspecified atom stereocenters. The maximum Gasteiger partial charge on any atom is 0.324 e. The quantitative estimate of drug-likeness (QED) is 0.141. The molecular formula is C31H42N2O9S. The van der Waals surface area contributed by atoms with E-state index in [9.17, 15) is 35.0 Å². The molecule has 2 aliphatic carbocycles. The van der Waals surface area contributed by atoms with Crippen LogP contribution < -0.4 is 0 Å². The summed E-state index contributed by atoms with van der Waals surface area (Å²) < 4.78 is 14.4. The van der Waals surface area contributed by atoms with E-state index in [2.05, 4.69) is 6.58 Å². The number of carbonyl (C=O) groups excluding carboxylic acids is 2. The van der Waals surface area contributed by atoms with Crippen LogP contribution in [0.3, 0.4) is 0 Å². The number of ether oxygens (including phenoxy) is 2. The van der Waals surface area contributed by atoms with E-state index in [1.165, 1.54) is 19.1 Å². The first-order valence-corrected chi connectivity index (χ1v) is 15.6. The first-order chi connectivity index (χ1) is 20.0. The zero-order valence-corrected chi connectivity index (χ0v) is 26.1. The highest BCUT2D eigenvalue weighted by Crippen LogP contribution is 2.67. The molecule has 11 nitrogen and oxygen atoms in total. The van der Waals surface area contributed by atoms with E-state index in [0.717, 1.165) is 11.9 Å². The summed E-state index contributed by atoms with van der Waals surface area (Å²) in [6.45, 7) is 12.9. The molecule has 4 fully saturated rings. The largest absolute Gasteiger partial charge is 0.455 e. The van der Waals surface area contributed by atoms with Gasteiger partial charge in [0, 0.05) is 30.4 Å². The third-order valence-corrected chi connectivity index (χ3v) is 11.9. The lowest BCUT2D eigenvalue weighted by Gasteiger charge is -2.71. The van der Waals surface area contributed by atoms with Gasteiger partial charge < -0.3 is 24.8 Å². The minimum absolute atomic E-state index is 0.0815. The Balaban J connectivity index is 1.55. The highest BCUT2D eigenvalue weighted by atomic mass is 32.2. The highest BCUT2D eigenvalue weighted by Gasteiger charge is 2.81. The predicted molar refractivity (Wildman–Crippen MR) is 158 cm³/mol. The smallest absolute Gasteiger partial charge is 0.324 e. The Bertz CT molecular complexity index is 1340. The maximum atomic E-state index is 14.1. The van der Waals surface area contributed by atoms with Gasteiger partial charge >= 0.3 is 5.97 Å². The second kappa shape index (κ2) is 10.6. The molecule has 1 aromatic rings. The zero-order chi connectivity index (χ0) is 31.8. The zero-order valence-electron chi connectivity index (χ0n) is 25.3. The van der Waals surface area contributed by atoms with Gasteiger partial charge in [-0.3, -0.25) is 19.7 Å². The number of esters is 1. The number of aliphatic hydroxyl groups excluding tert-OH is 2. The fourth-order valence-electron chi connectivity index (χ4n) is 8.58. The van der Waals surface area contributed by atoms with Crippen molar-refractivity contribution in [1.29, 1.82) is 0 Å². The van der Waals surface area contributed by atoms with Crippen LogP contribution in [0.5, 0.6) is 0 Å². The summed E-state index contributed by atoms with van der Waals surface area (Å²) in [4.78, 5) is 39.6. The van der Waals surface area contributed by atoms with Gasteiger partial charge in [0.2, 0.25) is 0 Å². The van der Waals surface area contributed by atoms with Crippen LogP contribution in [0.15, 0.2) is 41.8 Å². The second-order valence-electron chi connectivity index (χ2n) is 13.8. The molecule has 9 atom stereocenters. The summed E-state index contributed by atoms with van der Waals surface area (Å²) in [5, 5.41) is 47.8. The van der Waals surface area contributed by atoms with E-state index >= 15 is 0 Å². The third-order valence-electron chi connectivity index (χ3n) is 10.7. The van der Waals surface area contributed by atoms with Crippen LogP contribution in [0, 0.1) is 26.9 Å². The average molecular weight is 619 g/mol. The molecule has 5 rings (SSSR count). The van der Waals surface area contributed by atoms with Crippen molar-refractivity contribution in [1.82, 2.24) is 4.31 Å². The predicted octanol–water partition coefficient (Wildman–Crippen LogP) is 3.58. The number of nitro groups is 1. The Hall–Kier alpha value is -2.35. The number of benzene rings is 1. The van der Waals surface area contributed by atoms with Crippen molar-refractivity contribution in [3.63, 3.8) is 0 Å². The summed E-state index contributed by atoms with van der Waals surface area (Å²) in [5.74, 6) is -2.10. The van der Waals surface area contributed by atoms with Crippen molar-refractivity contribution >= 4 is 29.4 Å². The van der Waals surface area contributed by atoms with Gasteiger partial charge in [0.15, 0.2) is 17.5 Å². The van der Waals surface area contributed by atoms with Crippen LogP contribution in [0.2, 0.25) is 0 Å². The van der Waals surface area contributed by atoms with Crippen LogP contribution in [0.25, 0.3) is 0 Å². The SMILES string of the molecule is C=C[C@@]1(C)CC(=O)[C@]2(O)[C@@]3(C)[C@@H](O)CCC(C)(C)[C@@H]3[C@H](O)[C@H](OC(=O)[C@@H]3CCCN3Sc3ccccc3[N+](=O)[O-])[C@@]2(C)O1. The van der Waals surface area contributed by atoms with Crippen molar-refractivity contribution < 1.29 is 39.3 Å². The molecule has 43 heavy (non-hydrogen) atoms. The normalized spacial score (nSPS) is 42.5. The van der Waals surface area contributed by atoms with Crippen LogP contribution in [0.1, 0.15) is 66.7 Å². The topological polar surface area (TPSA) is 160 Å². The van der Waals surface area contributed by atoms with Crippen molar-refractivity contribution in [2.75, 3.05) is 6.54 Å². The Morgan fingerprint density at radius 3 is 2.53 bits per heavy atom. The minimum Gasteiger partial charge on any atom is -0.455 e. The highest BCUT2D eigenvalue weighted by molar-refractivity contribution is 7.97. The van der Waals surface area contributed by atoms with Crippen molar-refractivity contribution in [3.05, 3.63) is 47.0 Å². The third kappa shape index (κ3) is 4.59. The Morgan fingerprint density at radius 2 is 1.88 bits per heavy atom. The molecule has 2 heterocycles. The standard InChI is InChI=1S/C31H42N2O9S/c1-7-28(4)17-22(35)31(38)29(5)21(34)14-15-27(2,3)24(29)23(36)25(30(31,6)42-28)41-26(37)19-12-10-16-32(19)43-20-13-9-8-11-18(20)33(39)40/h7-9,11,13,19,21,23-25,34,36,38H,1,10,12,14-17H2,2-6H3/t19-,21-,23-,24-,25-,28-,29-,30+,31-/m0/s1. The van der Waals surface area contributed by atoms with Gasteiger partial charge in [0.1, 0.15) is 16.5 Å². The molecule has 0 aromatic heterocycles. The first-order valence-electron chi connectivity index (χ1n) is 14.8. The Kier molecular flexibility index (Phi) is 7.92. The van der Waals surface area contributed by atoms with E-state index < -0.39 is 74.6 Å². The van der Waals surface area contributed by atoms with Crippen molar-refractivity contribution in [2.45, 2.75) is 113 Å². The number of hydrogen-bond donors (Lipinski definition) is 3. The molecular weight excluding hydrogens is 576 g/mol. The van der Waals surface area contributed by atoms with E-state index in [0.29, 0.717) is 37.1 Å². The number of Topliss-reactive ketones (excluding diaryl/α,β-unsaturated/α-hetero) is 1. The van der Waals surface area contributed by atoms with Gasteiger partial charge in [-0.2, -0.15) is 0 Å². The van der Waals surface area contributed by atoms with Gasteiger partial charge in [-0.05, 0) is 63.0 Å². The fourth-order valence-corrected chi connectivity index (χ4v) is 9.75. The average Bonchev–Trinajstić information content (AvgIpc) is 3.40. The second-order valence-corrected chi connectivity index (χ2v) is 14.9. The molecule has 1 aromatic carbocycles. The number of aliphatic hydroxyl groups is 3. The lowest BCUT2D eigenvalue weighted by atomic mass is 9.40. The van der Waals surface area contributed by atoms with E-state index in [1.807, 2.05) is 13.8 Å². The number of nitro benzene ring substituents is 1. The summed E-state index contributed by atoms with van der Waals surface area (Å²) in [6, 6.07) is 5.47. The number of ketones is 1. The first kappa shape index (κ1) is 32.1. The Morgan fingerprint density at radius 1 is 1.21 bits per heavy atom. The molecule has 0 spiro atoms. The van der Waals surface area contributed by atoms with Crippen molar-refractivity contribution in [2.24, 2.45) is 16.7 Å². The lowest BCUT2D eigenvalue weighted by Crippen LogP contribution is -2.86. The lowest BCUT2D eigenvalue weighted by molar-refractivity contribution is -0.387. The van der Waals surface area contributed by atoms with Crippen molar-refractivity contribution in [3.8, 4) is 0 Å². The van der Waals surface area contributed by atoms with Crippen LogP contribution >= 0.6 is 11.9 Å². The van der Waals surface area contributed by atoms with Gasteiger partial charge in [0.25, 0.3) is 5.69 Å². The van der Waals surface area contributed by atoms with Gasteiger partial charge in [-0.25, -0.2) is 4.31 Å². The molecule has 2 aliphatic heterocycles. The number of hydrogen-bond acceptors (Lipinski definition) is 11. The minimum atomic E-state index is -2.32. The van der Waals surface area contributed by atoms with E-state index in [-0.39, 0.29) is 12.1 Å². The summed E-state index contributed by atoms with van der Waals surface area (Å²) in [6.07, 6.45) is -0.905. The summed E-state index contributed by atoms with van der Waals surface area (Å²) in [7, 11) is 0. The number of fused-ring (bicyclic) bond motifs is 3. The Labute approximate surface area is 255 Å². The van der Waals surface area contributed by atoms with Gasteiger partial charge in [-0.1, -0.05) is 39.0 Å². The number of rotatable bonds is 6. The molecule has 2 saturated heterocycles. The van der Waals surface area contributed by atoms with Gasteiger partial charge in [0.05, 0.1) is 22.7 Å². The summed E-state index contributed by atoms with van der Waals surface area (Å²) in [5.41, 5.74) is -7.74. The molecule has 0 amide bonds. The number of nitrogens with zero attached hydrogens (tertiary/aromatic N) is 2.